The summed E-state index contributed by atoms with van der Waals surface area (Å²) in [4.78, 5) is 58.1. The van der Waals surface area contributed by atoms with E-state index in [9.17, 15) is 29.4 Å². The van der Waals surface area contributed by atoms with Gasteiger partial charge in [-0.3, -0.25) is 14.4 Å². The molecule has 3 aliphatic heterocycles. The van der Waals surface area contributed by atoms with Crippen molar-refractivity contribution in [3.63, 3.8) is 0 Å². The van der Waals surface area contributed by atoms with Crippen molar-refractivity contribution in [2.45, 2.75) is 167 Å². The number of fused-ring (bicyclic) bond motifs is 3. The number of esters is 1. The van der Waals surface area contributed by atoms with Crippen LogP contribution in [0.25, 0.3) is 0 Å². The third-order valence-corrected chi connectivity index (χ3v) is 13.9. The molecule has 0 radical (unpaired) electrons. The summed E-state index contributed by atoms with van der Waals surface area (Å²) >= 11 is 0. The third-order valence-electron chi connectivity index (χ3n) is 13.9. The molecule has 0 spiro atoms. The summed E-state index contributed by atoms with van der Waals surface area (Å²) in [7, 11) is 2.91. The molecular weight excluding hydrogens is 800 g/mol. The maximum Gasteiger partial charge on any atom is 0.329 e. The number of Topliss-reactive ketones (excluding diaryl/α,β-unsaturated/α-hetero) is 2. The molecule has 2 saturated heterocycles. The van der Waals surface area contributed by atoms with Gasteiger partial charge in [-0.1, -0.05) is 45.9 Å². The van der Waals surface area contributed by atoms with Gasteiger partial charge in [-0.25, -0.2) is 9.18 Å². The normalized spacial score (nSPS) is 37.7. The number of ether oxygens (including phenoxy) is 5. The van der Waals surface area contributed by atoms with Crippen LogP contribution < -0.4 is 10.5 Å². The highest BCUT2D eigenvalue weighted by atomic mass is 19.1. The number of alkyl halides is 1. The minimum Gasteiger partial charge on any atom is -0.508 e. The fourth-order valence-corrected chi connectivity index (χ4v) is 9.95. The summed E-state index contributed by atoms with van der Waals surface area (Å²) < 4.78 is 46.7. The van der Waals surface area contributed by atoms with Gasteiger partial charge in [-0.15, -0.1) is 0 Å². The first-order valence-electron chi connectivity index (χ1n) is 22.7. The van der Waals surface area contributed by atoms with Crippen LogP contribution in [0.1, 0.15) is 112 Å². The zero-order valence-corrected chi connectivity index (χ0v) is 37.9. The van der Waals surface area contributed by atoms with E-state index in [1.54, 1.807) is 51.1 Å². The summed E-state index contributed by atoms with van der Waals surface area (Å²) in [6.07, 6.45) is 3.33. The standard InChI is InChI=1S/C48H71FN2O11/c1-9-33-22-28(3)42(49)29(4)23-40(58-7)44-41(59-8)24-31(6)48(57,62-44)45(54)46(55)51-20-11-10-15-37(51)47(56)61-43(27(2)16-19-38(33)53)30(5)21-32-17-18-36(50)39(25-32)60-35-14-12-13-34(52)26-35/h12-14,21-22,26-27,29,31-33,36-37,39-44,52,57H,9-11,15-20,23-25,50H2,1-8H3. The van der Waals surface area contributed by atoms with Crippen molar-refractivity contribution < 1.29 is 57.5 Å². The molecule has 1 aromatic carbocycles. The first-order valence-corrected chi connectivity index (χ1v) is 22.7. The average molecular weight is 871 g/mol. The third kappa shape index (κ3) is 11.5. The first-order chi connectivity index (χ1) is 29.4. The molecule has 13 nitrogen and oxygen atoms in total. The van der Waals surface area contributed by atoms with Crippen LogP contribution in [0.15, 0.2) is 47.6 Å². The van der Waals surface area contributed by atoms with Crippen LogP contribution in [0.3, 0.4) is 0 Å². The highest BCUT2D eigenvalue weighted by molar-refractivity contribution is 6.39. The SMILES string of the molecule is CCC1C=C(C)C(F)C(C)CC(OC)C2OC(O)(C(=O)C(=O)N3CCCCC3C(=O)OC(C(C)=CC3CCC(N)C(Oc4cccc(O)c4)C3)C(C)CCC1=O)C(C)CC2OC. The molecule has 2 bridgehead atoms. The number of cyclic esters (lactones) is 1. The second-order valence-electron chi connectivity index (χ2n) is 18.5. The smallest absolute Gasteiger partial charge is 0.329 e. The number of aliphatic hydroxyl groups is 1. The van der Waals surface area contributed by atoms with Crippen LogP contribution in [-0.2, 0) is 38.1 Å². The Kier molecular flexibility index (Phi) is 17.3. The van der Waals surface area contributed by atoms with Gasteiger partial charge >= 0.3 is 5.97 Å². The largest absolute Gasteiger partial charge is 0.508 e. The lowest BCUT2D eigenvalue weighted by molar-refractivity contribution is -0.302. The molecule has 0 aromatic heterocycles. The van der Waals surface area contributed by atoms with E-state index in [1.165, 1.54) is 19.1 Å². The van der Waals surface area contributed by atoms with Gasteiger partial charge in [0.2, 0.25) is 5.79 Å². The molecule has 1 aliphatic carbocycles. The molecule has 346 valence electrons. The Morgan fingerprint density at radius 2 is 1.69 bits per heavy atom. The number of aromatic hydroxyl groups is 1. The van der Waals surface area contributed by atoms with Crippen LogP contribution in [0, 0.1) is 29.6 Å². The minimum absolute atomic E-state index is 0.00579. The maximum atomic E-state index is 16.3. The summed E-state index contributed by atoms with van der Waals surface area (Å²) in [6.45, 7) is 10.8. The first kappa shape index (κ1) is 49.3. The maximum absolute atomic E-state index is 16.3. The Bertz CT molecular complexity index is 1790. The molecule has 14 unspecified atom stereocenters. The van der Waals surface area contributed by atoms with Crippen molar-refractivity contribution in [3.05, 3.63) is 47.6 Å². The predicted octanol–water partition coefficient (Wildman–Crippen LogP) is 6.55. The number of allylic oxidation sites excluding steroid dienone is 3. The fraction of sp³-hybridized carbons (Fsp3) is 0.708. The summed E-state index contributed by atoms with van der Waals surface area (Å²) in [5.41, 5.74) is 7.68. The van der Waals surface area contributed by atoms with Crippen LogP contribution in [-0.4, -0.2) is 114 Å². The molecule has 14 atom stereocenters. The topological polar surface area (TPSA) is 184 Å². The van der Waals surface area contributed by atoms with Crippen molar-refractivity contribution in [1.29, 1.82) is 0 Å². The summed E-state index contributed by atoms with van der Waals surface area (Å²) in [5, 5.41) is 22.1. The lowest BCUT2D eigenvalue weighted by Gasteiger charge is -2.47. The number of phenolic OH excluding ortho intramolecular Hbond substituents is 1. The zero-order chi connectivity index (χ0) is 45.5. The number of nitrogens with two attached hydrogens (primary N) is 1. The van der Waals surface area contributed by atoms with Crippen LogP contribution >= 0.6 is 0 Å². The molecule has 4 N–H and O–H groups in total. The monoisotopic (exact) mass is 871 g/mol. The van der Waals surface area contributed by atoms with E-state index >= 15 is 4.39 Å². The Hall–Kier alpha value is -3.69. The van der Waals surface area contributed by atoms with Gasteiger partial charge in [0.25, 0.3) is 11.7 Å². The number of hydrogen-bond acceptors (Lipinski definition) is 12. The molecule has 3 heterocycles. The molecule has 4 aliphatic rings. The number of hydrogen-bond donors (Lipinski definition) is 3. The number of piperidine rings is 1. The summed E-state index contributed by atoms with van der Waals surface area (Å²) in [5.74, 6) is -7.35. The number of halogens is 1. The second-order valence-corrected chi connectivity index (χ2v) is 18.5. The quantitative estimate of drug-likeness (QED) is 0.153. The number of rotatable bonds is 7. The van der Waals surface area contributed by atoms with Gasteiger partial charge < -0.3 is 44.5 Å². The molecule has 1 aromatic rings. The highest BCUT2D eigenvalue weighted by Crippen LogP contribution is 2.40. The van der Waals surface area contributed by atoms with Crippen molar-refractivity contribution in [3.8, 4) is 11.5 Å². The Labute approximate surface area is 366 Å². The molecular formula is C48H71FN2O11. The number of ketones is 2. The number of benzene rings is 1. The Morgan fingerprint density at radius 3 is 2.37 bits per heavy atom. The molecule has 14 heteroatoms. The van der Waals surface area contributed by atoms with Crippen molar-refractivity contribution in [1.82, 2.24) is 4.90 Å². The number of phenols is 1. The Balaban J connectivity index is 1.50. The fourth-order valence-electron chi connectivity index (χ4n) is 9.95. The van der Waals surface area contributed by atoms with E-state index in [1.807, 2.05) is 20.8 Å². The Morgan fingerprint density at radius 1 is 0.984 bits per heavy atom. The van der Waals surface area contributed by atoms with Crippen molar-refractivity contribution in [2.75, 3.05) is 20.8 Å². The second kappa shape index (κ2) is 21.8. The minimum atomic E-state index is -2.58. The van der Waals surface area contributed by atoms with Crippen LogP contribution in [0.4, 0.5) is 4.39 Å². The molecule has 1 amide bonds. The molecule has 1 saturated carbocycles. The predicted molar refractivity (Wildman–Crippen MR) is 231 cm³/mol. The molecule has 5 rings (SSSR count). The number of carbonyl (C=O) groups is 4. The van der Waals surface area contributed by atoms with E-state index in [2.05, 4.69) is 6.08 Å². The van der Waals surface area contributed by atoms with E-state index in [0.717, 1.165) is 12.0 Å². The van der Waals surface area contributed by atoms with Gasteiger partial charge in [0.15, 0.2) is 0 Å². The van der Waals surface area contributed by atoms with Gasteiger partial charge in [0.05, 0.1) is 12.2 Å². The molecule has 62 heavy (non-hydrogen) atoms. The number of methoxy groups -OCH3 is 2. The van der Waals surface area contributed by atoms with Gasteiger partial charge in [-0.05, 0) is 119 Å². The summed E-state index contributed by atoms with van der Waals surface area (Å²) in [6, 6.07) is 5.24. The lowest BCUT2D eigenvalue weighted by Crippen LogP contribution is -2.64. The number of carbonyl (C=O) groups excluding carboxylic acids is 4. The van der Waals surface area contributed by atoms with Gasteiger partial charge in [0.1, 0.15) is 47.8 Å². The number of amides is 1. The van der Waals surface area contributed by atoms with Gasteiger partial charge in [0, 0.05) is 51.1 Å². The highest BCUT2D eigenvalue weighted by Gasteiger charge is 2.56. The van der Waals surface area contributed by atoms with Gasteiger partial charge in [-0.2, -0.15) is 0 Å². The van der Waals surface area contributed by atoms with E-state index in [4.69, 9.17) is 29.4 Å². The average Bonchev–Trinajstić information content (AvgIpc) is 3.26. The van der Waals surface area contributed by atoms with E-state index < -0.39 is 77.8 Å². The van der Waals surface area contributed by atoms with Crippen LogP contribution in [0.2, 0.25) is 0 Å². The van der Waals surface area contributed by atoms with E-state index in [-0.39, 0.29) is 67.7 Å². The zero-order valence-electron chi connectivity index (χ0n) is 37.9. The van der Waals surface area contributed by atoms with Crippen molar-refractivity contribution in [2.24, 2.45) is 35.3 Å². The lowest BCUT2D eigenvalue weighted by atomic mass is 9.81. The van der Waals surface area contributed by atoms with Crippen LogP contribution in [0.5, 0.6) is 11.5 Å². The molecule has 3 fully saturated rings. The van der Waals surface area contributed by atoms with Crippen molar-refractivity contribution >= 4 is 23.4 Å². The number of nitrogens with zero attached hydrogens (tertiary/aromatic N) is 1. The van der Waals surface area contributed by atoms with E-state index in [0.29, 0.717) is 49.8 Å².